The van der Waals surface area contributed by atoms with Gasteiger partial charge in [0.15, 0.2) is 0 Å². The van der Waals surface area contributed by atoms with E-state index >= 15 is 0 Å². The first kappa shape index (κ1) is 9.88. The molecule has 60 valence electrons. The molecule has 0 bridgehead atoms. The van der Waals surface area contributed by atoms with E-state index < -0.39 is 0 Å². The van der Waals surface area contributed by atoms with Crippen molar-refractivity contribution in [2.45, 2.75) is 25.7 Å². The number of nitro groups is 1. The first-order chi connectivity index (χ1) is 4.77. The molecule has 0 heterocycles. The summed E-state index contributed by atoms with van der Waals surface area (Å²) in [7, 11) is 0. The fourth-order valence-corrected chi connectivity index (χ4v) is 1.09. The molecule has 10 heavy (non-hydrogen) atoms. The van der Waals surface area contributed by atoms with Crippen LogP contribution in [0.2, 0.25) is 0 Å². The molecule has 0 amide bonds. The highest BCUT2D eigenvalue weighted by atomic mass is 79.9. The second-order valence-corrected chi connectivity index (χ2v) is 2.95. The van der Waals surface area contributed by atoms with E-state index in [2.05, 4.69) is 15.9 Å². The lowest BCUT2D eigenvalue weighted by atomic mass is 10.2. The van der Waals surface area contributed by atoms with Gasteiger partial charge in [-0.3, -0.25) is 10.1 Å². The summed E-state index contributed by atoms with van der Waals surface area (Å²) >= 11 is 3.30. The van der Waals surface area contributed by atoms with Gasteiger partial charge in [-0.1, -0.05) is 22.4 Å². The van der Waals surface area contributed by atoms with Crippen molar-refractivity contribution in [2.75, 3.05) is 11.9 Å². The Balaban J connectivity index is 2.84. The highest BCUT2D eigenvalue weighted by Crippen LogP contribution is 2.01. The van der Waals surface area contributed by atoms with Crippen molar-refractivity contribution >= 4 is 15.9 Å². The zero-order valence-electron chi connectivity index (χ0n) is 5.88. The SMILES string of the molecule is O=[N+]([O-])CCCCCCBr. The lowest BCUT2D eigenvalue weighted by Gasteiger charge is -1.93. The molecule has 4 heteroatoms. The standard InChI is InChI=1S/C6H12BrNO2/c7-5-3-1-2-4-6-8(9)10/h1-6H2. The van der Waals surface area contributed by atoms with Crippen molar-refractivity contribution in [1.29, 1.82) is 0 Å². The van der Waals surface area contributed by atoms with Crippen LogP contribution in [0, 0.1) is 10.1 Å². The number of nitrogens with zero attached hydrogens (tertiary/aromatic N) is 1. The fraction of sp³-hybridized carbons (Fsp3) is 1.00. The average molecular weight is 210 g/mol. The van der Waals surface area contributed by atoms with E-state index in [1.54, 1.807) is 0 Å². The van der Waals surface area contributed by atoms with Gasteiger partial charge in [-0.05, 0) is 12.8 Å². The molecule has 0 rings (SSSR count). The quantitative estimate of drug-likeness (QED) is 0.292. The first-order valence-electron chi connectivity index (χ1n) is 3.45. The molecule has 0 aliphatic rings. The predicted octanol–water partition coefficient (Wildman–Crippen LogP) is 2.22. The minimum Gasteiger partial charge on any atom is -0.265 e. The summed E-state index contributed by atoms with van der Waals surface area (Å²) in [5, 5.41) is 10.8. The van der Waals surface area contributed by atoms with Crippen LogP contribution in [0.3, 0.4) is 0 Å². The minimum absolute atomic E-state index is 0.127. The summed E-state index contributed by atoms with van der Waals surface area (Å²) in [5.74, 6) is 0. The second-order valence-electron chi connectivity index (χ2n) is 2.16. The molecule has 0 radical (unpaired) electrons. The van der Waals surface area contributed by atoms with Gasteiger partial charge in [-0.15, -0.1) is 0 Å². The molecule has 3 nitrogen and oxygen atoms in total. The van der Waals surface area contributed by atoms with Gasteiger partial charge in [-0.2, -0.15) is 0 Å². The van der Waals surface area contributed by atoms with Crippen molar-refractivity contribution < 1.29 is 4.92 Å². The van der Waals surface area contributed by atoms with Gasteiger partial charge in [0.05, 0.1) is 0 Å². The average Bonchev–Trinajstić information content (AvgIpc) is 1.87. The third-order valence-electron chi connectivity index (χ3n) is 1.22. The van der Waals surface area contributed by atoms with E-state index in [1.165, 1.54) is 0 Å². The number of halogens is 1. The molecule has 0 fully saturated rings. The van der Waals surface area contributed by atoms with Gasteiger partial charge < -0.3 is 0 Å². The largest absolute Gasteiger partial charge is 0.265 e. The Hall–Kier alpha value is -0.120. The molecule has 0 atom stereocenters. The molecular formula is C6H12BrNO2. The van der Waals surface area contributed by atoms with Crippen LogP contribution in [0.4, 0.5) is 0 Å². The number of hydrogen-bond acceptors (Lipinski definition) is 2. The summed E-state index contributed by atoms with van der Waals surface area (Å²) in [5.41, 5.74) is 0. The number of rotatable bonds is 6. The van der Waals surface area contributed by atoms with Crippen molar-refractivity contribution in [3.05, 3.63) is 10.1 Å². The Bertz CT molecular complexity index is 97.7. The molecule has 0 aliphatic heterocycles. The van der Waals surface area contributed by atoms with Gasteiger partial charge in [0.25, 0.3) is 0 Å². The minimum atomic E-state index is -0.256. The molecule has 0 aromatic heterocycles. The van der Waals surface area contributed by atoms with Crippen LogP contribution in [0.5, 0.6) is 0 Å². The molecule has 0 aromatic carbocycles. The van der Waals surface area contributed by atoms with Crippen LogP contribution < -0.4 is 0 Å². The Morgan fingerprint density at radius 3 is 2.30 bits per heavy atom. The predicted molar refractivity (Wildman–Crippen MR) is 44.1 cm³/mol. The summed E-state index contributed by atoms with van der Waals surface area (Å²) in [6.45, 7) is 0.127. The van der Waals surface area contributed by atoms with Crippen LogP contribution in [-0.4, -0.2) is 16.8 Å². The van der Waals surface area contributed by atoms with Gasteiger partial charge in [0, 0.05) is 16.7 Å². The van der Waals surface area contributed by atoms with Crippen molar-refractivity contribution in [3.8, 4) is 0 Å². The Kier molecular flexibility index (Phi) is 6.91. The highest BCUT2D eigenvalue weighted by Gasteiger charge is 1.95. The molecule has 0 saturated heterocycles. The zero-order valence-corrected chi connectivity index (χ0v) is 7.47. The van der Waals surface area contributed by atoms with Crippen LogP contribution in [0.25, 0.3) is 0 Å². The molecule has 0 unspecified atom stereocenters. The third-order valence-corrected chi connectivity index (χ3v) is 1.79. The fourth-order valence-electron chi connectivity index (χ4n) is 0.689. The van der Waals surface area contributed by atoms with Gasteiger partial charge in [-0.25, -0.2) is 0 Å². The van der Waals surface area contributed by atoms with E-state index in [0.29, 0.717) is 0 Å². The lowest BCUT2D eigenvalue weighted by Crippen LogP contribution is -1.99. The normalized spacial score (nSPS) is 9.70. The van der Waals surface area contributed by atoms with E-state index in [0.717, 1.165) is 31.0 Å². The van der Waals surface area contributed by atoms with Gasteiger partial charge >= 0.3 is 0 Å². The van der Waals surface area contributed by atoms with Crippen LogP contribution in [-0.2, 0) is 0 Å². The zero-order chi connectivity index (χ0) is 7.82. The van der Waals surface area contributed by atoms with Crippen LogP contribution in [0.15, 0.2) is 0 Å². The van der Waals surface area contributed by atoms with Gasteiger partial charge in [0.2, 0.25) is 6.54 Å². The molecule has 0 N–H and O–H groups in total. The first-order valence-corrected chi connectivity index (χ1v) is 4.57. The molecule has 0 aromatic rings. The number of hydrogen-bond donors (Lipinski definition) is 0. The van der Waals surface area contributed by atoms with Crippen LogP contribution >= 0.6 is 15.9 Å². The molecule has 0 saturated carbocycles. The van der Waals surface area contributed by atoms with Crippen molar-refractivity contribution in [1.82, 2.24) is 0 Å². The lowest BCUT2D eigenvalue weighted by molar-refractivity contribution is -0.480. The van der Waals surface area contributed by atoms with E-state index in [4.69, 9.17) is 0 Å². The third kappa shape index (κ3) is 7.88. The van der Waals surface area contributed by atoms with Crippen molar-refractivity contribution in [3.63, 3.8) is 0 Å². The van der Waals surface area contributed by atoms with E-state index in [1.807, 2.05) is 0 Å². The maximum Gasteiger partial charge on any atom is 0.203 e. The Morgan fingerprint density at radius 2 is 1.80 bits per heavy atom. The topological polar surface area (TPSA) is 43.1 Å². The van der Waals surface area contributed by atoms with E-state index in [9.17, 15) is 10.1 Å². The summed E-state index contributed by atoms with van der Waals surface area (Å²) < 4.78 is 0. The molecular weight excluding hydrogens is 198 g/mol. The maximum atomic E-state index is 9.83. The Labute approximate surface area is 69.1 Å². The van der Waals surface area contributed by atoms with Gasteiger partial charge in [0.1, 0.15) is 0 Å². The summed E-state index contributed by atoms with van der Waals surface area (Å²) in [6.07, 6.45) is 3.92. The van der Waals surface area contributed by atoms with Crippen molar-refractivity contribution in [2.24, 2.45) is 0 Å². The molecule has 0 aliphatic carbocycles. The number of alkyl halides is 1. The monoisotopic (exact) mass is 209 g/mol. The number of unbranched alkanes of at least 4 members (excludes halogenated alkanes) is 3. The Morgan fingerprint density at radius 1 is 1.20 bits per heavy atom. The summed E-state index contributed by atoms with van der Waals surface area (Å²) in [4.78, 5) is 9.57. The summed E-state index contributed by atoms with van der Waals surface area (Å²) in [6, 6.07) is 0. The highest BCUT2D eigenvalue weighted by molar-refractivity contribution is 9.09. The maximum absolute atomic E-state index is 9.83. The molecule has 0 spiro atoms. The van der Waals surface area contributed by atoms with E-state index in [-0.39, 0.29) is 11.5 Å². The second kappa shape index (κ2) is 6.99. The smallest absolute Gasteiger partial charge is 0.203 e. The van der Waals surface area contributed by atoms with Crippen LogP contribution in [0.1, 0.15) is 25.7 Å².